The topological polar surface area (TPSA) is 109 Å². The lowest BCUT2D eigenvalue weighted by molar-refractivity contribution is -0.137. The second-order valence-corrected chi connectivity index (χ2v) is 10.8. The highest BCUT2D eigenvalue weighted by Gasteiger charge is 2.33. The molecular formula is C28H32F3N5O3. The van der Waals surface area contributed by atoms with Gasteiger partial charge in [-0.25, -0.2) is 9.97 Å². The minimum atomic E-state index is -4.54. The number of aromatic nitrogens is 3. The molecule has 0 bridgehead atoms. The average Bonchev–Trinajstić information content (AvgIpc) is 3.63. The number of nitrogens with one attached hydrogen (secondary N) is 3. The van der Waals surface area contributed by atoms with Gasteiger partial charge in [0.05, 0.1) is 23.3 Å². The highest BCUT2D eigenvalue weighted by atomic mass is 19.4. The van der Waals surface area contributed by atoms with Crippen molar-refractivity contribution in [1.82, 2.24) is 25.6 Å². The molecule has 3 aromatic rings. The second-order valence-electron chi connectivity index (χ2n) is 10.8. The average molecular weight is 544 g/mol. The molecule has 8 nitrogen and oxygen atoms in total. The Balaban J connectivity index is 1.45. The van der Waals surface area contributed by atoms with E-state index in [1.54, 1.807) is 6.92 Å². The summed E-state index contributed by atoms with van der Waals surface area (Å²) in [5.41, 5.74) is 1.20. The first-order valence-electron chi connectivity index (χ1n) is 13.3. The molecule has 208 valence electrons. The van der Waals surface area contributed by atoms with Gasteiger partial charge in [0.15, 0.2) is 0 Å². The van der Waals surface area contributed by atoms with Crippen molar-refractivity contribution in [3.8, 4) is 17.0 Å². The smallest absolute Gasteiger partial charge is 0.416 e. The summed E-state index contributed by atoms with van der Waals surface area (Å²) in [6.07, 6.45) is 0.977. The molecule has 0 radical (unpaired) electrons. The molecular weight excluding hydrogens is 511 g/mol. The SMILES string of the molecule is CC(=O)N[C@@H]1CC[C@H](NC(=O)c2c(C)[nH]c3c(-c4cc(C(F)(F)F)ccc4OCC4CC4)ncnc23)C[C@H]1C. The first kappa shape index (κ1) is 27.0. The Hall–Kier alpha value is -3.63. The molecule has 0 unspecified atom stereocenters. The fourth-order valence-corrected chi connectivity index (χ4v) is 5.37. The third-order valence-electron chi connectivity index (χ3n) is 7.63. The Morgan fingerprint density at radius 1 is 1.13 bits per heavy atom. The molecule has 2 aliphatic carbocycles. The maximum atomic E-state index is 13.6. The van der Waals surface area contributed by atoms with Crippen molar-refractivity contribution < 1.29 is 27.5 Å². The van der Waals surface area contributed by atoms with Gasteiger partial charge in [0.2, 0.25) is 5.91 Å². The van der Waals surface area contributed by atoms with Crippen molar-refractivity contribution in [2.45, 2.75) is 71.1 Å². The van der Waals surface area contributed by atoms with E-state index in [0.717, 1.165) is 31.4 Å². The molecule has 2 heterocycles. The molecule has 3 N–H and O–H groups in total. The van der Waals surface area contributed by atoms with Gasteiger partial charge >= 0.3 is 6.18 Å². The van der Waals surface area contributed by atoms with E-state index in [-0.39, 0.29) is 41.1 Å². The van der Waals surface area contributed by atoms with Gasteiger partial charge in [-0.2, -0.15) is 13.2 Å². The van der Waals surface area contributed by atoms with E-state index in [9.17, 15) is 22.8 Å². The van der Waals surface area contributed by atoms with Gasteiger partial charge in [-0.15, -0.1) is 0 Å². The summed E-state index contributed by atoms with van der Waals surface area (Å²) in [5.74, 6) is 0.525. The number of hydrogen-bond acceptors (Lipinski definition) is 5. The van der Waals surface area contributed by atoms with Crippen LogP contribution < -0.4 is 15.4 Å². The number of halogens is 3. The van der Waals surface area contributed by atoms with Gasteiger partial charge in [-0.3, -0.25) is 9.59 Å². The molecule has 2 aliphatic rings. The number of carbonyl (C=O) groups excluding carboxylic acids is 2. The van der Waals surface area contributed by atoms with Gasteiger partial charge in [-0.1, -0.05) is 6.92 Å². The predicted molar refractivity (Wildman–Crippen MR) is 139 cm³/mol. The molecule has 2 aromatic heterocycles. The summed E-state index contributed by atoms with van der Waals surface area (Å²) in [5, 5.41) is 6.06. The molecule has 0 aliphatic heterocycles. The molecule has 3 atom stereocenters. The second kappa shape index (κ2) is 10.5. The number of amides is 2. The fraction of sp³-hybridized carbons (Fsp3) is 0.500. The zero-order valence-electron chi connectivity index (χ0n) is 22.1. The van der Waals surface area contributed by atoms with Crippen LogP contribution in [0, 0.1) is 18.8 Å². The Bertz CT molecular complexity index is 1400. The van der Waals surface area contributed by atoms with Crippen molar-refractivity contribution in [2.75, 3.05) is 6.61 Å². The van der Waals surface area contributed by atoms with Gasteiger partial charge < -0.3 is 20.4 Å². The van der Waals surface area contributed by atoms with Crippen LogP contribution >= 0.6 is 0 Å². The zero-order chi connectivity index (χ0) is 27.9. The van der Waals surface area contributed by atoms with Gasteiger partial charge in [0.25, 0.3) is 5.91 Å². The van der Waals surface area contributed by atoms with E-state index in [0.29, 0.717) is 53.4 Å². The minimum Gasteiger partial charge on any atom is -0.493 e. The Morgan fingerprint density at radius 2 is 1.90 bits per heavy atom. The van der Waals surface area contributed by atoms with Crippen molar-refractivity contribution in [3.05, 3.63) is 41.3 Å². The molecule has 11 heteroatoms. The molecule has 2 fully saturated rings. The number of hydrogen-bond donors (Lipinski definition) is 3. The Morgan fingerprint density at radius 3 is 2.56 bits per heavy atom. The molecule has 0 saturated heterocycles. The summed E-state index contributed by atoms with van der Waals surface area (Å²) in [6.45, 7) is 5.70. The number of alkyl halides is 3. The summed E-state index contributed by atoms with van der Waals surface area (Å²) in [4.78, 5) is 36.7. The van der Waals surface area contributed by atoms with Gasteiger partial charge in [-0.05, 0) is 69.1 Å². The number of aromatic amines is 1. The lowest BCUT2D eigenvalue weighted by atomic mass is 9.82. The maximum absolute atomic E-state index is 13.6. The number of nitrogens with zero attached hydrogens (tertiary/aromatic N) is 2. The number of fused-ring (bicyclic) bond motifs is 1. The van der Waals surface area contributed by atoms with Gasteiger partial charge in [0.1, 0.15) is 23.3 Å². The molecule has 1 aromatic carbocycles. The van der Waals surface area contributed by atoms with Crippen LogP contribution in [0.4, 0.5) is 13.2 Å². The molecule has 0 spiro atoms. The Kier molecular flexibility index (Phi) is 7.26. The molecule has 39 heavy (non-hydrogen) atoms. The standard InChI is InChI=1S/C28H32F3N5O3/c1-14-10-19(7-8-21(14)35-16(3)37)36-27(38)23-15(2)34-26-24(32-13-33-25(23)26)20-11-18(28(29,30)31)6-9-22(20)39-12-17-4-5-17/h6,9,11,13-14,17,19,21,34H,4-5,7-8,10,12H2,1-3H3,(H,35,37)(H,36,38)/t14-,19+,21-/m1/s1. The number of aryl methyl sites for hydroxylation is 1. The van der Waals surface area contributed by atoms with E-state index in [4.69, 9.17) is 4.74 Å². The lowest BCUT2D eigenvalue weighted by Gasteiger charge is -2.34. The highest BCUT2D eigenvalue weighted by molar-refractivity contribution is 6.09. The largest absolute Gasteiger partial charge is 0.493 e. The molecule has 2 amide bonds. The molecule has 2 saturated carbocycles. The number of rotatable bonds is 7. The van der Waals surface area contributed by atoms with Crippen LogP contribution in [0.1, 0.15) is 67.6 Å². The maximum Gasteiger partial charge on any atom is 0.416 e. The van der Waals surface area contributed by atoms with E-state index in [2.05, 4.69) is 25.6 Å². The van der Waals surface area contributed by atoms with Crippen LogP contribution in [0.15, 0.2) is 24.5 Å². The van der Waals surface area contributed by atoms with Crippen LogP contribution in [-0.4, -0.2) is 45.5 Å². The number of H-pyrrole nitrogens is 1. The zero-order valence-corrected chi connectivity index (χ0v) is 22.1. The normalized spacial score (nSPS) is 21.5. The highest BCUT2D eigenvalue weighted by Crippen LogP contribution is 2.40. The summed E-state index contributed by atoms with van der Waals surface area (Å²) < 4.78 is 46.7. The van der Waals surface area contributed by atoms with E-state index >= 15 is 0 Å². The third kappa shape index (κ3) is 5.86. The summed E-state index contributed by atoms with van der Waals surface area (Å²) >= 11 is 0. The number of carbonyl (C=O) groups is 2. The minimum absolute atomic E-state index is 0.0684. The van der Waals surface area contributed by atoms with Crippen molar-refractivity contribution >= 4 is 22.8 Å². The van der Waals surface area contributed by atoms with Crippen LogP contribution in [0.3, 0.4) is 0 Å². The van der Waals surface area contributed by atoms with E-state index < -0.39 is 11.7 Å². The van der Waals surface area contributed by atoms with Crippen LogP contribution in [0.5, 0.6) is 5.75 Å². The number of benzene rings is 1. The fourth-order valence-electron chi connectivity index (χ4n) is 5.37. The van der Waals surface area contributed by atoms with Gasteiger partial charge in [0, 0.05) is 30.3 Å². The van der Waals surface area contributed by atoms with Crippen LogP contribution in [-0.2, 0) is 11.0 Å². The Labute approximate surface area is 224 Å². The summed E-state index contributed by atoms with van der Waals surface area (Å²) in [7, 11) is 0. The van der Waals surface area contributed by atoms with Crippen molar-refractivity contribution in [1.29, 1.82) is 0 Å². The quantitative estimate of drug-likeness (QED) is 0.381. The first-order valence-corrected chi connectivity index (χ1v) is 13.3. The van der Waals surface area contributed by atoms with Crippen LogP contribution in [0.2, 0.25) is 0 Å². The van der Waals surface area contributed by atoms with E-state index in [1.807, 2.05) is 6.92 Å². The van der Waals surface area contributed by atoms with Crippen LogP contribution in [0.25, 0.3) is 22.3 Å². The van der Waals surface area contributed by atoms with E-state index in [1.165, 1.54) is 19.3 Å². The monoisotopic (exact) mass is 543 g/mol. The molecule has 5 rings (SSSR count). The van der Waals surface area contributed by atoms with Crippen molar-refractivity contribution in [3.63, 3.8) is 0 Å². The first-order chi connectivity index (χ1) is 18.5. The summed E-state index contributed by atoms with van der Waals surface area (Å²) in [6, 6.07) is 3.37. The predicted octanol–water partition coefficient (Wildman–Crippen LogP) is 5.16. The lowest BCUT2D eigenvalue weighted by Crippen LogP contribution is -2.47. The number of ether oxygens (including phenoxy) is 1. The third-order valence-corrected chi connectivity index (χ3v) is 7.63. The van der Waals surface area contributed by atoms with Crippen molar-refractivity contribution in [2.24, 2.45) is 11.8 Å².